The second-order valence-corrected chi connectivity index (χ2v) is 4.11. The van der Waals surface area contributed by atoms with Crippen LogP contribution in [-0.4, -0.2) is 19.2 Å². The Hall–Kier alpha value is -1.22. The van der Waals surface area contributed by atoms with Gasteiger partial charge in [-0.2, -0.15) is 0 Å². The van der Waals surface area contributed by atoms with Gasteiger partial charge in [-0.05, 0) is 32.0 Å². The van der Waals surface area contributed by atoms with E-state index in [9.17, 15) is 4.79 Å². The molecule has 1 aromatic rings. The van der Waals surface area contributed by atoms with Crippen LogP contribution in [0.4, 0.5) is 0 Å². The minimum Gasteiger partial charge on any atom is -0.496 e. The highest BCUT2D eigenvalue weighted by Gasteiger charge is 2.11. The highest BCUT2D eigenvalue weighted by Crippen LogP contribution is 2.23. The third-order valence-corrected chi connectivity index (χ3v) is 2.18. The van der Waals surface area contributed by atoms with Gasteiger partial charge in [0.2, 0.25) is 0 Å². The van der Waals surface area contributed by atoms with E-state index in [1.54, 1.807) is 25.3 Å². The van der Waals surface area contributed by atoms with E-state index in [0.29, 0.717) is 10.8 Å². The van der Waals surface area contributed by atoms with Crippen LogP contribution in [0.15, 0.2) is 18.2 Å². The predicted octanol–water partition coefficient (Wildman–Crippen LogP) is 2.84. The SMILES string of the molecule is COc1ccc(Cl)cc1CC(=O)OC(C)C. The van der Waals surface area contributed by atoms with Crippen molar-refractivity contribution in [3.05, 3.63) is 28.8 Å². The van der Waals surface area contributed by atoms with Gasteiger partial charge in [-0.15, -0.1) is 0 Å². The lowest BCUT2D eigenvalue weighted by molar-refractivity contribution is -0.146. The van der Waals surface area contributed by atoms with Crippen LogP contribution >= 0.6 is 11.6 Å². The monoisotopic (exact) mass is 242 g/mol. The van der Waals surface area contributed by atoms with Gasteiger partial charge < -0.3 is 9.47 Å². The fraction of sp³-hybridized carbons (Fsp3) is 0.417. The summed E-state index contributed by atoms with van der Waals surface area (Å²) in [6, 6.07) is 5.17. The molecule has 0 saturated heterocycles. The van der Waals surface area contributed by atoms with Crippen molar-refractivity contribution in [1.82, 2.24) is 0 Å². The average molecular weight is 243 g/mol. The van der Waals surface area contributed by atoms with Gasteiger partial charge in [-0.3, -0.25) is 4.79 Å². The third kappa shape index (κ3) is 3.74. The first-order valence-electron chi connectivity index (χ1n) is 5.05. The zero-order valence-electron chi connectivity index (χ0n) is 9.62. The number of carbonyl (C=O) groups excluding carboxylic acids is 1. The van der Waals surface area contributed by atoms with Crippen LogP contribution in [-0.2, 0) is 16.0 Å². The van der Waals surface area contributed by atoms with Gasteiger partial charge in [0.25, 0.3) is 0 Å². The lowest BCUT2D eigenvalue weighted by Crippen LogP contribution is -2.14. The lowest BCUT2D eigenvalue weighted by Gasteiger charge is -2.10. The van der Waals surface area contributed by atoms with Crippen LogP contribution in [0, 0.1) is 0 Å². The Bertz CT molecular complexity index is 375. The molecule has 0 heterocycles. The van der Waals surface area contributed by atoms with Crippen LogP contribution in [0.2, 0.25) is 5.02 Å². The Labute approximate surface area is 100 Å². The average Bonchev–Trinajstić information content (AvgIpc) is 2.16. The summed E-state index contributed by atoms with van der Waals surface area (Å²) < 4.78 is 10.2. The summed E-state index contributed by atoms with van der Waals surface area (Å²) in [4.78, 5) is 11.5. The molecule has 0 spiro atoms. The van der Waals surface area contributed by atoms with Crippen molar-refractivity contribution >= 4 is 17.6 Å². The number of hydrogen-bond donors (Lipinski definition) is 0. The largest absolute Gasteiger partial charge is 0.496 e. The molecule has 3 nitrogen and oxygen atoms in total. The van der Waals surface area contributed by atoms with Gasteiger partial charge in [0.15, 0.2) is 0 Å². The molecule has 0 bridgehead atoms. The number of halogens is 1. The molecule has 0 saturated carbocycles. The molecule has 1 rings (SSSR count). The number of ether oxygens (including phenoxy) is 2. The molecule has 0 aliphatic rings. The standard InChI is InChI=1S/C12H15ClO3/c1-8(2)16-12(14)7-9-6-10(13)4-5-11(9)15-3/h4-6,8H,7H2,1-3H3. The smallest absolute Gasteiger partial charge is 0.310 e. The van der Waals surface area contributed by atoms with Crippen LogP contribution in [0.1, 0.15) is 19.4 Å². The van der Waals surface area contributed by atoms with Crippen LogP contribution in [0.3, 0.4) is 0 Å². The molecule has 0 unspecified atom stereocenters. The number of rotatable bonds is 4. The molecule has 0 radical (unpaired) electrons. The van der Waals surface area contributed by atoms with Crippen molar-refractivity contribution in [2.75, 3.05) is 7.11 Å². The first kappa shape index (κ1) is 12.8. The summed E-state index contributed by atoms with van der Waals surface area (Å²) in [5, 5.41) is 0.577. The minimum atomic E-state index is -0.282. The number of methoxy groups -OCH3 is 1. The molecule has 1 aromatic carbocycles. The first-order valence-corrected chi connectivity index (χ1v) is 5.42. The number of benzene rings is 1. The summed E-state index contributed by atoms with van der Waals surface area (Å²) in [6.07, 6.45) is 0.0553. The molecule has 16 heavy (non-hydrogen) atoms. The molecule has 0 N–H and O–H groups in total. The highest BCUT2D eigenvalue weighted by molar-refractivity contribution is 6.30. The zero-order valence-corrected chi connectivity index (χ0v) is 10.4. The maximum atomic E-state index is 11.5. The Kier molecular flexibility index (Phi) is 4.62. The van der Waals surface area contributed by atoms with Gasteiger partial charge in [0.05, 0.1) is 19.6 Å². The van der Waals surface area contributed by atoms with Crippen molar-refractivity contribution in [1.29, 1.82) is 0 Å². The van der Waals surface area contributed by atoms with Gasteiger partial charge in [-0.1, -0.05) is 11.6 Å². The molecule has 88 valence electrons. The normalized spacial score (nSPS) is 10.3. The molecule has 0 atom stereocenters. The predicted molar refractivity (Wildman–Crippen MR) is 62.9 cm³/mol. The molecule has 0 aromatic heterocycles. The Balaban J connectivity index is 2.79. The summed E-state index contributed by atoms with van der Waals surface area (Å²) in [5.41, 5.74) is 0.737. The summed E-state index contributed by atoms with van der Waals surface area (Å²) >= 11 is 5.86. The van der Waals surface area contributed by atoms with Crippen molar-refractivity contribution in [3.63, 3.8) is 0 Å². The molecule has 0 aliphatic heterocycles. The van der Waals surface area contributed by atoms with E-state index in [4.69, 9.17) is 21.1 Å². The third-order valence-electron chi connectivity index (χ3n) is 1.94. The van der Waals surface area contributed by atoms with Gasteiger partial charge in [0.1, 0.15) is 5.75 Å². The lowest BCUT2D eigenvalue weighted by atomic mass is 10.1. The highest BCUT2D eigenvalue weighted by atomic mass is 35.5. The molecular formula is C12H15ClO3. The summed E-state index contributed by atoms with van der Waals surface area (Å²) in [6.45, 7) is 3.63. The number of esters is 1. The number of carbonyl (C=O) groups is 1. The maximum absolute atomic E-state index is 11.5. The van der Waals surface area contributed by atoms with Crippen molar-refractivity contribution in [2.24, 2.45) is 0 Å². The Morgan fingerprint density at radius 3 is 2.69 bits per heavy atom. The minimum absolute atomic E-state index is 0.113. The van der Waals surface area contributed by atoms with Crippen LogP contribution < -0.4 is 4.74 Å². The maximum Gasteiger partial charge on any atom is 0.310 e. The van der Waals surface area contributed by atoms with Gasteiger partial charge in [-0.25, -0.2) is 0 Å². The zero-order chi connectivity index (χ0) is 12.1. The van der Waals surface area contributed by atoms with E-state index >= 15 is 0 Å². The van der Waals surface area contributed by atoms with E-state index in [1.807, 2.05) is 13.8 Å². The van der Waals surface area contributed by atoms with E-state index in [2.05, 4.69) is 0 Å². The van der Waals surface area contributed by atoms with E-state index in [0.717, 1.165) is 5.56 Å². The van der Waals surface area contributed by atoms with E-state index in [1.165, 1.54) is 0 Å². The van der Waals surface area contributed by atoms with Crippen LogP contribution in [0.5, 0.6) is 5.75 Å². The van der Waals surface area contributed by atoms with Crippen molar-refractivity contribution < 1.29 is 14.3 Å². The first-order chi connectivity index (χ1) is 7.52. The fourth-order valence-corrected chi connectivity index (χ4v) is 1.54. The summed E-state index contributed by atoms with van der Waals surface area (Å²) in [5.74, 6) is 0.362. The molecule has 0 aliphatic carbocycles. The van der Waals surface area contributed by atoms with Gasteiger partial charge >= 0.3 is 5.97 Å². The Morgan fingerprint density at radius 1 is 1.44 bits per heavy atom. The van der Waals surface area contributed by atoms with Crippen molar-refractivity contribution in [2.45, 2.75) is 26.4 Å². The van der Waals surface area contributed by atoms with Gasteiger partial charge in [0, 0.05) is 10.6 Å². The fourth-order valence-electron chi connectivity index (χ4n) is 1.35. The second kappa shape index (κ2) is 5.75. The second-order valence-electron chi connectivity index (χ2n) is 3.67. The molecule has 4 heteroatoms. The topological polar surface area (TPSA) is 35.5 Å². The van der Waals surface area contributed by atoms with E-state index in [-0.39, 0.29) is 18.5 Å². The molecular weight excluding hydrogens is 228 g/mol. The summed E-state index contributed by atoms with van der Waals surface area (Å²) in [7, 11) is 1.56. The molecule has 0 amide bonds. The van der Waals surface area contributed by atoms with E-state index < -0.39 is 0 Å². The van der Waals surface area contributed by atoms with Crippen LogP contribution in [0.25, 0.3) is 0 Å². The number of hydrogen-bond acceptors (Lipinski definition) is 3. The molecule has 0 fully saturated rings. The Morgan fingerprint density at radius 2 is 2.12 bits per heavy atom. The van der Waals surface area contributed by atoms with Crippen molar-refractivity contribution in [3.8, 4) is 5.75 Å². The quantitative estimate of drug-likeness (QED) is 0.762.